The lowest BCUT2D eigenvalue weighted by atomic mass is 10.1. The van der Waals surface area contributed by atoms with Crippen molar-refractivity contribution < 1.29 is 4.79 Å². The van der Waals surface area contributed by atoms with Gasteiger partial charge in [0.25, 0.3) is 5.56 Å². The van der Waals surface area contributed by atoms with Crippen LogP contribution in [0.25, 0.3) is 20.4 Å². The van der Waals surface area contributed by atoms with E-state index in [1.54, 1.807) is 35.0 Å². The quantitative estimate of drug-likeness (QED) is 0.166. The van der Waals surface area contributed by atoms with E-state index in [0.717, 1.165) is 21.3 Å². The molecule has 0 aliphatic rings. The highest BCUT2D eigenvalue weighted by Gasteiger charge is 2.19. The summed E-state index contributed by atoms with van der Waals surface area (Å²) in [4.78, 5) is 36.4. The third-order valence-corrected chi connectivity index (χ3v) is 7.68. The molecule has 0 radical (unpaired) electrons. The summed E-state index contributed by atoms with van der Waals surface area (Å²) in [5.74, 6) is 0.00859. The van der Waals surface area contributed by atoms with Gasteiger partial charge in [0.15, 0.2) is 10.9 Å². The normalized spacial score (nSPS) is 11.3. The minimum Gasteiger partial charge on any atom is -0.293 e. The number of ketones is 1. The highest BCUT2D eigenvalue weighted by atomic mass is 35.5. The van der Waals surface area contributed by atoms with E-state index in [4.69, 9.17) is 16.6 Å². The Bertz CT molecular complexity index is 1560. The maximum Gasteiger partial charge on any atom is 0.272 e. The van der Waals surface area contributed by atoms with Crippen LogP contribution in [0.2, 0.25) is 5.02 Å². The molecule has 3 heterocycles. The molecule has 8 heteroatoms. The predicted octanol–water partition coefficient (Wildman–Crippen LogP) is 5.99. The number of hydrogen-bond acceptors (Lipinski definition) is 6. The Labute approximate surface area is 203 Å². The molecule has 0 amide bonds. The number of fused-ring (bicyclic) bond motifs is 3. The molecular formula is C25H18ClN3O2S2. The van der Waals surface area contributed by atoms with Gasteiger partial charge in [0.1, 0.15) is 9.53 Å². The first-order valence-corrected chi connectivity index (χ1v) is 12.4. The molecule has 164 valence electrons. The SMILES string of the molecule is Cc1ccc(Cn2c(SCC(=O)c3ccccc3Cl)nc3c(sc4ncccc43)c2=O)cc1. The van der Waals surface area contributed by atoms with Crippen molar-refractivity contribution in [3.8, 4) is 0 Å². The Morgan fingerprint density at radius 2 is 1.88 bits per heavy atom. The number of hydrogen-bond donors (Lipinski definition) is 0. The zero-order valence-corrected chi connectivity index (χ0v) is 20.0. The van der Waals surface area contributed by atoms with E-state index in [1.807, 2.05) is 43.3 Å². The average molecular weight is 492 g/mol. The number of pyridine rings is 1. The zero-order chi connectivity index (χ0) is 22.9. The number of Topliss-reactive ketones (excluding diaryl/α,β-unsaturated/α-hetero) is 1. The fourth-order valence-electron chi connectivity index (χ4n) is 3.56. The van der Waals surface area contributed by atoms with E-state index < -0.39 is 0 Å². The molecule has 0 atom stereocenters. The fraction of sp³-hybridized carbons (Fsp3) is 0.120. The lowest BCUT2D eigenvalue weighted by molar-refractivity contribution is 0.102. The van der Waals surface area contributed by atoms with Crippen LogP contribution >= 0.6 is 34.7 Å². The van der Waals surface area contributed by atoms with Gasteiger partial charge in [0, 0.05) is 17.1 Å². The Kier molecular flexibility index (Phi) is 6.01. The van der Waals surface area contributed by atoms with E-state index >= 15 is 0 Å². The Morgan fingerprint density at radius 3 is 2.67 bits per heavy atom. The van der Waals surface area contributed by atoms with Crippen molar-refractivity contribution in [3.05, 3.63) is 98.9 Å². The standard InChI is InChI=1S/C25H18ClN3O2S2/c1-15-8-10-16(11-9-15)13-29-24(31)22-21(18-6-4-12-27-23(18)33-22)28-25(29)32-14-20(30)17-5-2-3-7-19(17)26/h2-12H,13-14H2,1H3. The Balaban J connectivity index is 1.59. The lowest BCUT2D eigenvalue weighted by Crippen LogP contribution is -2.23. The fourth-order valence-corrected chi connectivity index (χ4v) is 5.71. The summed E-state index contributed by atoms with van der Waals surface area (Å²) in [6.07, 6.45) is 1.71. The largest absolute Gasteiger partial charge is 0.293 e. The number of thioether (sulfide) groups is 1. The summed E-state index contributed by atoms with van der Waals surface area (Å²) < 4.78 is 2.21. The number of benzene rings is 2. The summed E-state index contributed by atoms with van der Waals surface area (Å²) >= 11 is 8.80. The molecule has 0 spiro atoms. The van der Waals surface area contributed by atoms with E-state index in [1.165, 1.54) is 23.1 Å². The van der Waals surface area contributed by atoms with Crippen LogP contribution in [-0.4, -0.2) is 26.1 Å². The van der Waals surface area contributed by atoms with Gasteiger partial charge in [-0.25, -0.2) is 9.97 Å². The highest BCUT2D eigenvalue weighted by molar-refractivity contribution is 7.99. The minimum atomic E-state index is -0.128. The molecular weight excluding hydrogens is 474 g/mol. The summed E-state index contributed by atoms with van der Waals surface area (Å²) in [6, 6.07) is 18.8. The van der Waals surface area contributed by atoms with Crippen molar-refractivity contribution in [2.24, 2.45) is 0 Å². The summed E-state index contributed by atoms with van der Waals surface area (Å²) in [5.41, 5.74) is 3.10. The van der Waals surface area contributed by atoms with Crippen molar-refractivity contribution in [1.29, 1.82) is 0 Å². The van der Waals surface area contributed by atoms with Gasteiger partial charge in [0.2, 0.25) is 0 Å². The number of aromatic nitrogens is 3. The van der Waals surface area contributed by atoms with Gasteiger partial charge in [0.05, 0.1) is 22.8 Å². The third-order valence-electron chi connectivity index (χ3n) is 5.29. The van der Waals surface area contributed by atoms with Crippen LogP contribution in [0, 0.1) is 6.92 Å². The third kappa shape index (κ3) is 4.31. The number of carbonyl (C=O) groups is 1. The smallest absolute Gasteiger partial charge is 0.272 e. The molecule has 3 aromatic heterocycles. The molecule has 33 heavy (non-hydrogen) atoms. The summed E-state index contributed by atoms with van der Waals surface area (Å²) in [7, 11) is 0. The summed E-state index contributed by atoms with van der Waals surface area (Å²) in [6.45, 7) is 2.39. The van der Waals surface area contributed by atoms with E-state index in [0.29, 0.717) is 32.5 Å². The molecule has 0 saturated carbocycles. The molecule has 5 nitrogen and oxygen atoms in total. The van der Waals surface area contributed by atoms with Gasteiger partial charge >= 0.3 is 0 Å². The molecule has 0 aliphatic carbocycles. The van der Waals surface area contributed by atoms with Gasteiger partial charge in [-0.3, -0.25) is 14.2 Å². The van der Waals surface area contributed by atoms with Gasteiger partial charge in [-0.15, -0.1) is 11.3 Å². The van der Waals surface area contributed by atoms with Crippen molar-refractivity contribution in [2.45, 2.75) is 18.6 Å². The number of halogens is 1. The topological polar surface area (TPSA) is 64.8 Å². The van der Waals surface area contributed by atoms with Gasteiger partial charge in [-0.2, -0.15) is 0 Å². The van der Waals surface area contributed by atoms with Gasteiger partial charge in [-0.1, -0.05) is 65.3 Å². The van der Waals surface area contributed by atoms with Crippen LogP contribution in [0.5, 0.6) is 0 Å². The molecule has 5 aromatic rings. The maximum absolute atomic E-state index is 13.5. The van der Waals surface area contributed by atoms with Crippen molar-refractivity contribution >= 4 is 60.9 Å². The van der Waals surface area contributed by atoms with E-state index in [-0.39, 0.29) is 17.1 Å². The number of thiophene rings is 1. The predicted molar refractivity (Wildman–Crippen MR) is 136 cm³/mol. The minimum absolute atomic E-state index is 0.112. The highest BCUT2D eigenvalue weighted by Crippen LogP contribution is 2.31. The first-order valence-electron chi connectivity index (χ1n) is 10.3. The second-order valence-corrected chi connectivity index (χ2v) is 9.95. The first kappa shape index (κ1) is 21.8. The van der Waals surface area contributed by atoms with Crippen LogP contribution in [0.4, 0.5) is 0 Å². The van der Waals surface area contributed by atoms with Crippen LogP contribution in [0.1, 0.15) is 21.5 Å². The Morgan fingerprint density at radius 1 is 1.09 bits per heavy atom. The maximum atomic E-state index is 13.5. The zero-order valence-electron chi connectivity index (χ0n) is 17.6. The number of nitrogens with zero attached hydrogens (tertiary/aromatic N) is 3. The van der Waals surface area contributed by atoms with Gasteiger partial charge in [-0.05, 0) is 36.8 Å². The van der Waals surface area contributed by atoms with E-state index in [9.17, 15) is 9.59 Å². The van der Waals surface area contributed by atoms with Crippen LogP contribution in [0.15, 0.2) is 76.8 Å². The Hall–Kier alpha value is -3.00. The van der Waals surface area contributed by atoms with Crippen molar-refractivity contribution in [3.63, 3.8) is 0 Å². The molecule has 0 bridgehead atoms. The molecule has 5 rings (SSSR count). The van der Waals surface area contributed by atoms with Crippen LogP contribution in [-0.2, 0) is 6.54 Å². The second kappa shape index (κ2) is 9.09. The number of carbonyl (C=O) groups excluding carboxylic acids is 1. The average Bonchev–Trinajstić information content (AvgIpc) is 3.20. The monoisotopic (exact) mass is 491 g/mol. The number of aryl methyl sites for hydroxylation is 1. The first-order chi connectivity index (χ1) is 16.0. The van der Waals surface area contributed by atoms with Gasteiger partial charge < -0.3 is 0 Å². The molecule has 0 N–H and O–H groups in total. The second-order valence-electron chi connectivity index (χ2n) is 7.60. The van der Waals surface area contributed by atoms with Crippen LogP contribution < -0.4 is 5.56 Å². The van der Waals surface area contributed by atoms with E-state index in [2.05, 4.69) is 4.98 Å². The lowest BCUT2D eigenvalue weighted by Gasteiger charge is -2.12. The van der Waals surface area contributed by atoms with Crippen molar-refractivity contribution in [2.75, 3.05) is 5.75 Å². The van der Waals surface area contributed by atoms with Crippen molar-refractivity contribution in [1.82, 2.24) is 14.5 Å². The molecule has 0 fully saturated rings. The molecule has 0 saturated heterocycles. The molecule has 0 unspecified atom stereocenters. The molecule has 0 aliphatic heterocycles. The molecule has 2 aromatic carbocycles. The number of rotatable bonds is 6. The van der Waals surface area contributed by atoms with Crippen LogP contribution in [0.3, 0.4) is 0 Å². The summed E-state index contributed by atoms with van der Waals surface area (Å²) in [5, 5.41) is 1.76.